The zero-order chi connectivity index (χ0) is 39.9. The largest absolute Gasteiger partial charge is 0.310 e. The summed E-state index contributed by atoms with van der Waals surface area (Å²) in [7, 11) is 0. The smallest absolute Gasteiger partial charge is 0.0713 e. The van der Waals surface area contributed by atoms with Crippen LogP contribution in [0.15, 0.2) is 249 Å². The maximum Gasteiger partial charge on any atom is 0.0713 e. The van der Waals surface area contributed by atoms with Crippen molar-refractivity contribution < 1.29 is 0 Å². The van der Waals surface area contributed by atoms with E-state index in [2.05, 4.69) is 254 Å². The molecule has 0 saturated heterocycles. The van der Waals surface area contributed by atoms with Gasteiger partial charge in [-0.15, -0.1) is 0 Å². The third-order valence-electron chi connectivity index (χ3n) is 12.3. The lowest BCUT2D eigenvalue weighted by atomic mass is 9.67. The molecule has 1 aliphatic rings. The average Bonchev–Trinajstić information content (AvgIpc) is 3.64. The van der Waals surface area contributed by atoms with E-state index in [1.54, 1.807) is 0 Å². The topological polar surface area (TPSA) is 3.24 Å². The molecule has 0 unspecified atom stereocenters. The Balaban J connectivity index is 1.11. The Labute approximate surface area is 352 Å². The van der Waals surface area contributed by atoms with Crippen LogP contribution >= 0.6 is 0 Å². The van der Waals surface area contributed by atoms with Gasteiger partial charge in [-0.3, -0.25) is 0 Å². The van der Waals surface area contributed by atoms with Crippen molar-refractivity contribution in [3.8, 4) is 44.5 Å². The molecule has 0 spiro atoms. The molecule has 1 nitrogen and oxygen atoms in total. The van der Waals surface area contributed by atoms with Gasteiger partial charge in [-0.25, -0.2) is 0 Å². The van der Waals surface area contributed by atoms with E-state index in [-0.39, 0.29) is 0 Å². The summed E-state index contributed by atoms with van der Waals surface area (Å²) in [4.78, 5) is 2.44. The Morgan fingerprint density at radius 2 is 0.800 bits per heavy atom. The van der Waals surface area contributed by atoms with E-state index in [1.807, 2.05) is 0 Å². The Morgan fingerprint density at radius 1 is 0.300 bits per heavy atom. The van der Waals surface area contributed by atoms with E-state index in [0.29, 0.717) is 0 Å². The molecule has 0 N–H and O–H groups in total. The number of rotatable bonds is 8. The van der Waals surface area contributed by atoms with Gasteiger partial charge in [0.2, 0.25) is 0 Å². The standard InChI is InChI=1S/C59H41N/c1-5-19-42(20-6-1)46-39-47(43-21-7-2-8-22-43)41-51(40-46)60(57-34-17-24-44-23-13-14-29-52(44)57)50-37-35-45(36-38-50)53-31-18-33-56-58(53)54-30-15-16-32-55(54)59(56,48-25-9-3-10-26-48)49-27-11-4-12-28-49/h1-41H. The van der Waals surface area contributed by atoms with Gasteiger partial charge in [0.15, 0.2) is 0 Å². The first kappa shape index (κ1) is 35.4. The van der Waals surface area contributed by atoms with Crippen LogP contribution in [0, 0.1) is 0 Å². The van der Waals surface area contributed by atoms with Crippen molar-refractivity contribution in [1.82, 2.24) is 0 Å². The second-order valence-electron chi connectivity index (χ2n) is 15.6. The Kier molecular flexibility index (Phi) is 8.79. The molecule has 0 amide bonds. The number of hydrogen-bond acceptors (Lipinski definition) is 1. The summed E-state index contributed by atoms with van der Waals surface area (Å²) >= 11 is 0. The molecular formula is C59H41N. The fraction of sp³-hybridized carbons (Fsp3) is 0.0169. The first-order valence-electron chi connectivity index (χ1n) is 20.8. The molecule has 1 aliphatic carbocycles. The summed E-state index contributed by atoms with van der Waals surface area (Å²) in [6.45, 7) is 0. The van der Waals surface area contributed by atoms with E-state index in [1.165, 1.54) is 77.5 Å². The molecule has 0 aromatic heterocycles. The van der Waals surface area contributed by atoms with Crippen molar-refractivity contribution in [2.24, 2.45) is 0 Å². The second-order valence-corrected chi connectivity index (χ2v) is 15.6. The van der Waals surface area contributed by atoms with Crippen molar-refractivity contribution >= 4 is 27.8 Å². The van der Waals surface area contributed by atoms with E-state index < -0.39 is 5.41 Å². The SMILES string of the molecule is c1ccc(-c2cc(-c3ccccc3)cc(N(c3ccc(-c4cccc5c4-c4ccccc4C5(c4ccccc4)c4ccccc4)cc3)c3cccc4ccccc34)c2)cc1. The lowest BCUT2D eigenvalue weighted by Crippen LogP contribution is -2.28. The predicted molar refractivity (Wildman–Crippen MR) is 252 cm³/mol. The van der Waals surface area contributed by atoms with Crippen LogP contribution in [0.3, 0.4) is 0 Å². The molecule has 1 heteroatoms. The van der Waals surface area contributed by atoms with E-state index >= 15 is 0 Å². The molecular weight excluding hydrogens is 723 g/mol. The van der Waals surface area contributed by atoms with Gasteiger partial charge in [0.1, 0.15) is 0 Å². The second kappa shape index (κ2) is 14.9. The molecule has 0 saturated carbocycles. The highest BCUT2D eigenvalue weighted by atomic mass is 15.1. The van der Waals surface area contributed by atoms with Crippen LogP contribution in [-0.4, -0.2) is 0 Å². The van der Waals surface area contributed by atoms with Crippen molar-refractivity contribution in [1.29, 1.82) is 0 Å². The van der Waals surface area contributed by atoms with Crippen LogP contribution in [0.2, 0.25) is 0 Å². The van der Waals surface area contributed by atoms with Crippen LogP contribution in [0.5, 0.6) is 0 Å². The van der Waals surface area contributed by atoms with Gasteiger partial charge in [-0.05, 0) is 109 Å². The minimum absolute atomic E-state index is 0.449. The van der Waals surface area contributed by atoms with Gasteiger partial charge in [0, 0.05) is 16.8 Å². The van der Waals surface area contributed by atoms with Gasteiger partial charge < -0.3 is 4.90 Å². The summed E-state index contributed by atoms with van der Waals surface area (Å²) in [6, 6.07) is 91.0. The lowest BCUT2D eigenvalue weighted by Gasteiger charge is -2.34. The highest BCUT2D eigenvalue weighted by Crippen LogP contribution is 2.58. The van der Waals surface area contributed by atoms with Crippen LogP contribution in [0.1, 0.15) is 22.3 Å². The molecule has 0 bridgehead atoms. The number of fused-ring (bicyclic) bond motifs is 4. The summed E-state index contributed by atoms with van der Waals surface area (Å²) in [6.07, 6.45) is 0. The highest BCUT2D eigenvalue weighted by molar-refractivity contribution is 6.00. The minimum Gasteiger partial charge on any atom is -0.310 e. The number of nitrogens with zero attached hydrogens (tertiary/aromatic N) is 1. The molecule has 10 aromatic rings. The number of benzene rings is 10. The predicted octanol–water partition coefficient (Wildman–Crippen LogP) is 15.7. The normalized spacial score (nSPS) is 12.5. The van der Waals surface area contributed by atoms with E-state index in [9.17, 15) is 0 Å². The molecule has 0 heterocycles. The van der Waals surface area contributed by atoms with E-state index in [4.69, 9.17) is 0 Å². The fourth-order valence-electron chi connectivity index (χ4n) is 9.69. The first-order valence-corrected chi connectivity index (χ1v) is 20.8. The quantitative estimate of drug-likeness (QED) is 0.149. The molecule has 0 radical (unpaired) electrons. The first-order chi connectivity index (χ1) is 29.8. The average molecular weight is 764 g/mol. The molecule has 11 rings (SSSR count). The Bertz CT molecular complexity index is 3010. The van der Waals surface area contributed by atoms with Crippen LogP contribution in [0.4, 0.5) is 17.1 Å². The maximum absolute atomic E-state index is 2.44. The molecule has 0 aliphatic heterocycles. The molecule has 10 aromatic carbocycles. The fourth-order valence-corrected chi connectivity index (χ4v) is 9.69. The van der Waals surface area contributed by atoms with Crippen LogP contribution in [0.25, 0.3) is 55.3 Å². The zero-order valence-electron chi connectivity index (χ0n) is 33.1. The summed E-state index contributed by atoms with van der Waals surface area (Å²) in [5.41, 5.74) is 17.8. The lowest BCUT2D eigenvalue weighted by molar-refractivity contribution is 0.768. The maximum atomic E-state index is 2.44. The van der Waals surface area contributed by atoms with E-state index in [0.717, 1.165) is 17.1 Å². The van der Waals surface area contributed by atoms with Crippen LogP contribution in [-0.2, 0) is 5.41 Å². The third-order valence-corrected chi connectivity index (χ3v) is 12.3. The van der Waals surface area contributed by atoms with Gasteiger partial charge in [-0.1, -0.05) is 212 Å². The van der Waals surface area contributed by atoms with Gasteiger partial charge >= 0.3 is 0 Å². The van der Waals surface area contributed by atoms with Crippen molar-refractivity contribution in [3.05, 3.63) is 271 Å². The summed E-state index contributed by atoms with van der Waals surface area (Å²) < 4.78 is 0. The van der Waals surface area contributed by atoms with Gasteiger partial charge in [0.05, 0.1) is 11.1 Å². The Morgan fingerprint density at radius 3 is 1.45 bits per heavy atom. The zero-order valence-corrected chi connectivity index (χ0v) is 33.1. The number of anilines is 3. The van der Waals surface area contributed by atoms with Gasteiger partial charge in [-0.2, -0.15) is 0 Å². The van der Waals surface area contributed by atoms with Crippen molar-refractivity contribution in [2.45, 2.75) is 5.41 Å². The molecule has 60 heavy (non-hydrogen) atoms. The molecule has 282 valence electrons. The van der Waals surface area contributed by atoms with Crippen LogP contribution < -0.4 is 4.90 Å². The molecule has 0 atom stereocenters. The highest BCUT2D eigenvalue weighted by Gasteiger charge is 2.46. The summed E-state index contributed by atoms with van der Waals surface area (Å²) in [5.74, 6) is 0. The number of hydrogen-bond donors (Lipinski definition) is 0. The summed E-state index contributed by atoms with van der Waals surface area (Å²) in [5, 5.41) is 2.41. The van der Waals surface area contributed by atoms with Gasteiger partial charge in [0.25, 0.3) is 0 Å². The van der Waals surface area contributed by atoms with Crippen molar-refractivity contribution in [2.75, 3.05) is 4.90 Å². The third kappa shape index (κ3) is 5.86. The minimum atomic E-state index is -0.449. The molecule has 0 fully saturated rings. The van der Waals surface area contributed by atoms with Crippen molar-refractivity contribution in [3.63, 3.8) is 0 Å². The Hall–Kier alpha value is -7.74. The monoisotopic (exact) mass is 763 g/mol.